The van der Waals surface area contributed by atoms with E-state index < -0.39 is 8.07 Å². The molecule has 9 aromatic carbocycles. The molecular formula is C54H36N2OSi. The minimum Gasteiger partial charge on any atom is -0.456 e. The van der Waals surface area contributed by atoms with Gasteiger partial charge in [-0.05, 0) is 81.4 Å². The van der Waals surface area contributed by atoms with Crippen LogP contribution in [0.1, 0.15) is 0 Å². The second-order valence-corrected chi connectivity index (χ2v) is 19.0. The molecule has 0 bridgehead atoms. The van der Waals surface area contributed by atoms with Gasteiger partial charge in [0.15, 0.2) is 8.07 Å². The van der Waals surface area contributed by atoms with Crippen molar-refractivity contribution >= 4 is 94.4 Å². The molecule has 0 spiro atoms. The van der Waals surface area contributed by atoms with Crippen molar-refractivity contribution in [2.75, 3.05) is 0 Å². The topological polar surface area (TPSA) is 23.0 Å². The second kappa shape index (κ2) is 12.8. The van der Waals surface area contributed by atoms with Crippen molar-refractivity contribution in [2.45, 2.75) is 0 Å². The SMILES string of the molecule is c1ccc([Si](c2ccccc2)(c2cccc(-n3c4ccccc4c4ccccc43)c2)c2cccc(-n3c4ccccc4c4c5c(ccc43)oc3ccccc35)c2)cc1. The summed E-state index contributed by atoms with van der Waals surface area (Å²) in [7, 11) is -2.97. The fourth-order valence-corrected chi connectivity index (χ4v) is 14.7. The van der Waals surface area contributed by atoms with Crippen LogP contribution in [-0.2, 0) is 0 Å². The molecular weight excluding hydrogens is 721 g/mol. The molecule has 0 aliphatic heterocycles. The van der Waals surface area contributed by atoms with Gasteiger partial charge in [-0.2, -0.15) is 0 Å². The Morgan fingerprint density at radius 3 is 1.33 bits per heavy atom. The Bertz CT molecular complexity index is 3430. The molecule has 58 heavy (non-hydrogen) atoms. The predicted octanol–water partition coefficient (Wildman–Crippen LogP) is 11.2. The Labute approximate surface area is 336 Å². The van der Waals surface area contributed by atoms with Crippen LogP contribution in [0.2, 0.25) is 0 Å². The highest BCUT2D eigenvalue weighted by molar-refractivity contribution is 7.20. The van der Waals surface area contributed by atoms with Crippen LogP contribution in [0.25, 0.3) is 76.9 Å². The number of hydrogen-bond acceptors (Lipinski definition) is 1. The van der Waals surface area contributed by atoms with E-state index in [1.54, 1.807) is 0 Å². The first kappa shape index (κ1) is 32.8. The van der Waals surface area contributed by atoms with Gasteiger partial charge >= 0.3 is 0 Å². The number of nitrogens with zero attached hydrogens (tertiary/aromatic N) is 2. The third kappa shape index (κ3) is 4.67. The number of hydrogen-bond donors (Lipinski definition) is 0. The van der Waals surface area contributed by atoms with Gasteiger partial charge in [0.1, 0.15) is 11.2 Å². The molecule has 0 fully saturated rings. The Hall–Kier alpha value is -7.40. The van der Waals surface area contributed by atoms with Crippen LogP contribution >= 0.6 is 0 Å². The van der Waals surface area contributed by atoms with E-state index in [0.29, 0.717) is 0 Å². The fraction of sp³-hybridized carbons (Fsp3) is 0. The van der Waals surface area contributed by atoms with Gasteiger partial charge in [0, 0.05) is 43.7 Å². The lowest BCUT2D eigenvalue weighted by atomic mass is 10.1. The molecule has 3 aromatic heterocycles. The molecule has 0 saturated carbocycles. The van der Waals surface area contributed by atoms with E-state index in [-0.39, 0.29) is 0 Å². The summed E-state index contributed by atoms with van der Waals surface area (Å²) in [6.07, 6.45) is 0. The maximum absolute atomic E-state index is 6.41. The molecule has 0 unspecified atom stereocenters. The summed E-state index contributed by atoms with van der Waals surface area (Å²) in [4.78, 5) is 0. The fourth-order valence-electron chi connectivity index (χ4n) is 9.89. The van der Waals surface area contributed by atoms with E-state index in [9.17, 15) is 0 Å². The number of fused-ring (bicyclic) bond motifs is 10. The smallest absolute Gasteiger partial charge is 0.179 e. The molecule has 0 amide bonds. The lowest BCUT2D eigenvalue weighted by molar-refractivity contribution is 0.669. The molecule has 3 heterocycles. The first-order chi connectivity index (χ1) is 28.8. The van der Waals surface area contributed by atoms with Gasteiger partial charge < -0.3 is 13.6 Å². The van der Waals surface area contributed by atoms with Crippen molar-refractivity contribution in [2.24, 2.45) is 0 Å². The molecule has 12 rings (SSSR count). The van der Waals surface area contributed by atoms with Gasteiger partial charge in [-0.25, -0.2) is 0 Å². The van der Waals surface area contributed by atoms with Crippen molar-refractivity contribution in [3.63, 3.8) is 0 Å². The highest BCUT2D eigenvalue weighted by atomic mass is 28.3. The van der Waals surface area contributed by atoms with Gasteiger partial charge in [0.25, 0.3) is 0 Å². The Balaban J connectivity index is 1.16. The molecule has 4 heteroatoms. The molecule has 12 aromatic rings. The zero-order chi connectivity index (χ0) is 38.2. The molecule has 0 aliphatic carbocycles. The molecule has 3 nitrogen and oxygen atoms in total. The largest absolute Gasteiger partial charge is 0.456 e. The molecule has 0 atom stereocenters. The third-order valence-electron chi connectivity index (χ3n) is 12.2. The monoisotopic (exact) mass is 756 g/mol. The normalized spacial score (nSPS) is 12.1. The van der Waals surface area contributed by atoms with Crippen molar-refractivity contribution in [1.82, 2.24) is 9.13 Å². The highest BCUT2D eigenvalue weighted by Crippen LogP contribution is 2.41. The molecule has 0 aliphatic rings. The zero-order valence-electron chi connectivity index (χ0n) is 31.6. The van der Waals surface area contributed by atoms with Crippen LogP contribution in [-0.4, -0.2) is 17.2 Å². The van der Waals surface area contributed by atoms with Crippen molar-refractivity contribution in [3.8, 4) is 11.4 Å². The molecule has 272 valence electrons. The van der Waals surface area contributed by atoms with E-state index >= 15 is 0 Å². The summed E-state index contributed by atoms with van der Waals surface area (Å²) in [6, 6.07) is 80.4. The average molecular weight is 757 g/mol. The van der Waals surface area contributed by atoms with Crippen molar-refractivity contribution in [3.05, 3.63) is 218 Å². The summed E-state index contributed by atoms with van der Waals surface area (Å²) in [5.41, 5.74) is 8.87. The average Bonchev–Trinajstić information content (AvgIpc) is 3.95. The molecule has 0 radical (unpaired) electrons. The highest BCUT2D eigenvalue weighted by Gasteiger charge is 2.42. The maximum atomic E-state index is 6.41. The van der Waals surface area contributed by atoms with Crippen LogP contribution in [0, 0.1) is 0 Å². The molecule has 0 N–H and O–H groups in total. The quantitative estimate of drug-likeness (QED) is 0.122. The number of rotatable bonds is 6. The number of aromatic nitrogens is 2. The summed E-state index contributed by atoms with van der Waals surface area (Å²) in [5.74, 6) is 0. The minimum absolute atomic E-state index is 0.910. The summed E-state index contributed by atoms with van der Waals surface area (Å²) < 4.78 is 11.3. The standard InChI is InChI=1S/C54H36N2OSi/c1-3-19-39(20-4-1)58(40-21-5-2-6-22-40,41-23-15-17-37(35-41)55-47-29-11-7-25-43(47)44-26-8-12-30-48(44)55)42-24-16-18-38(36-42)56-49-31-13-9-27-45(49)53-50(56)33-34-52-54(53)46-28-10-14-32-51(46)57-52/h1-36H. The number of para-hydroxylation sites is 4. The van der Waals surface area contributed by atoms with Crippen LogP contribution in [0.4, 0.5) is 0 Å². The number of furan rings is 1. The van der Waals surface area contributed by atoms with E-state index in [1.165, 1.54) is 64.2 Å². The second-order valence-electron chi connectivity index (χ2n) is 15.2. The van der Waals surface area contributed by atoms with Crippen LogP contribution in [0.3, 0.4) is 0 Å². The Morgan fingerprint density at radius 1 is 0.293 bits per heavy atom. The summed E-state index contributed by atoms with van der Waals surface area (Å²) in [6.45, 7) is 0. The molecule has 0 saturated heterocycles. The van der Waals surface area contributed by atoms with Crippen molar-refractivity contribution < 1.29 is 4.42 Å². The van der Waals surface area contributed by atoms with Crippen molar-refractivity contribution in [1.29, 1.82) is 0 Å². The van der Waals surface area contributed by atoms with E-state index in [0.717, 1.165) is 33.4 Å². The van der Waals surface area contributed by atoms with Gasteiger partial charge in [-0.15, -0.1) is 0 Å². The van der Waals surface area contributed by atoms with E-state index in [2.05, 4.69) is 221 Å². The van der Waals surface area contributed by atoms with Gasteiger partial charge in [-0.3, -0.25) is 0 Å². The third-order valence-corrected chi connectivity index (χ3v) is 17.0. The van der Waals surface area contributed by atoms with Crippen LogP contribution < -0.4 is 20.7 Å². The van der Waals surface area contributed by atoms with Crippen LogP contribution in [0.15, 0.2) is 223 Å². The van der Waals surface area contributed by atoms with Gasteiger partial charge in [-0.1, -0.05) is 158 Å². The predicted molar refractivity (Wildman–Crippen MR) is 246 cm³/mol. The van der Waals surface area contributed by atoms with E-state index in [4.69, 9.17) is 4.42 Å². The first-order valence-electron chi connectivity index (χ1n) is 19.9. The lowest BCUT2D eigenvalue weighted by Crippen LogP contribution is -2.74. The minimum atomic E-state index is -2.97. The lowest BCUT2D eigenvalue weighted by Gasteiger charge is -2.35. The maximum Gasteiger partial charge on any atom is 0.179 e. The van der Waals surface area contributed by atoms with Crippen LogP contribution in [0.5, 0.6) is 0 Å². The van der Waals surface area contributed by atoms with Gasteiger partial charge in [0.2, 0.25) is 0 Å². The number of benzene rings is 9. The Kier molecular flexibility index (Phi) is 7.25. The summed E-state index contributed by atoms with van der Waals surface area (Å²) >= 11 is 0. The van der Waals surface area contributed by atoms with Gasteiger partial charge in [0.05, 0.1) is 22.1 Å². The Morgan fingerprint density at radius 2 is 0.741 bits per heavy atom. The first-order valence-corrected chi connectivity index (χ1v) is 21.9. The van der Waals surface area contributed by atoms with E-state index in [1.807, 2.05) is 6.07 Å². The summed E-state index contributed by atoms with van der Waals surface area (Å²) in [5, 5.41) is 12.6. The zero-order valence-corrected chi connectivity index (χ0v) is 32.6.